The summed E-state index contributed by atoms with van der Waals surface area (Å²) in [6, 6.07) is 8.36. The van der Waals surface area contributed by atoms with Crippen LogP contribution in [0.25, 0.3) is 17.2 Å². The predicted molar refractivity (Wildman–Crippen MR) is 131 cm³/mol. The van der Waals surface area contributed by atoms with Crippen molar-refractivity contribution in [1.82, 2.24) is 19.9 Å². The molecule has 0 amide bonds. The third kappa shape index (κ3) is 4.13. The highest BCUT2D eigenvalue weighted by atomic mass is 16.5. The first kappa shape index (κ1) is 22.6. The monoisotopic (exact) mass is 470 g/mol. The molecule has 0 saturated heterocycles. The molecule has 0 aliphatic heterocycles. The molecular weight excluding hydrogens is 444 g/mol. The molecule has 3 fully saturated rings. The molecule has 10 heteroatoms. The number of allylic oxidation sites excluding steroid dienone is 1. The minimum Gasteiger partial charge on any atom is -0.436 e. The Labute approximate surface area is 203 Å². The molecule has 10 nitrogen and oxygen atoms in total. The number of benzene rings is 1. The number of aryl methyl sites for hydroxylation is 2. The fourth-order valence-electron chi connectivity index (χ4n) is 5.10. The zero-order valence-corrected chi connectivity index (χ0v) is 19.9. The average Bonchev–Trinajstić information content (AvgIpc) is 3.19. The summed E-state index contributed by atoms with van der Waals surface area (Å²) in [6.07, 6.45) is 5.61. The van der Waals surface area contributed by atoms with E-state index in [0.29, 0.717) is 47.8 Å². The number of rotatable bonds is 9. The van der Waals surface area contributed by atoms with E-state index in [1.165, 1.54) is 6.08 Å². The van der Waals surface area contributed by atoms with Gasteiger partial charge >= 0.3 is 0 Å². The van der Waals surface area contributed by atoms with Crippen LogP contribution in [-0.4, -0.2) is 45.7 Å². The maximum Gasteiger partial charge on any atom is 0.250 e. The van der Waals surface area contributed by atoms with Gasteiger partial charge in [0.05, 0.1) is 24.2 Å². The molecule has 2 bridgehead atoms. The third-order valence-corrected chi connectivity index (χ3v) is 6.59. The third-order valence-electron chi connectivity index (χ3n) is 6.59. The molecule has 178 valence electrons. The Kier molecular flexibility index (Phi) is 5.54. The summed E-state index contributed by atoms with van der Waals surface area (Å²) in [5, 5.41) is 24.8. The second kappa shape index (κ2) is 8.57. The number of nitriles is 2. The van der Waals surface area contributed by atoms with Crippen LogP contribution in [0.4, 0.5) is 11.9 Å². The summed E-state index contributed by atoms with van der Waals surface area (Å²) < 4.78 is 11.5. The summed E-state index contributed by atoms with van der Waals surface area (Å²) in [5.41, 5.74) is 3.49. The first-order valence-corrected chi connectivity index (χ1v) is 11.4. The van der Waals surface area contributed by atoms with Gasteiger partial charge < -0.3 is 25.1 Å². The van der Waals surface area contributed by atoms with E-state index in [4.69, 9.17) is 19.7 Å². The summed E-state index contributed by atoms with van der Waals surface area (Å²) in [5.74, 6) is 2.02. The Hall–Kier alpha value is -4.15. The van der Waals surface area contributed by atoms with E-state index in [9.17, 15) is 5.26 Å². The molecule has 3 aliphatic rings. The number of imidazole rings is 1. The molecular formula is C25H26N8O2. The number of anilines is 2. The molecule has 0 unspecified atom stereocenters. The van der Waals surface area contributed by atoms with Crippen LogP contribution in [0.1, 0.15) is 36.0 Å². The number of hydrogen-bond donors (Lipinski definition) is 3. The van der Waals surface area contributed by atoms with Crippen molar-refractivity contribution >= 4 is 29.1 Å². The van der Waals surface area contributed by atoms with Gasteiger partial charge in [-0.2, -0.15) is 25.5 Å². The number of H-pyrrole nitrogens is 1. The normalized spacial score (nSPS) is 22.2. The Bertz CT molecular complexity index is 1370. The number of nitrogens with zero attached hydrogens (tertiary/aromatic N) is 5. The van der Waals surface area contributed by atoms with E-state index in [1.54, 1.807) is 13.2 Å². The lowest BCUT2D eigenvalue weighted by Crippen LogP contribution is -2.70. The lowest BCUT2D eigenvalue weighted by atomic mass is 9.40. The zero-order valence-electron chi connectivity index (χ0n) is 19.9. The van der Waals surface area contributed by atoms with E-state index >= 15 is 0 Å². The first-order valence-electron chi connectivity index (χ1n) is 11.4. The molecule has 0 atom stereocenters. The Balaban J connectivity index is 1.48. The molecule has 35 heavy (non-hydrogen) atoms. The number of aromatic amines is 1. The van der Waals surface area contributed by atoms with Gasteiger partial charge in [0.15, 0.2) is 11.2 Å². The molecule has 3 saturated carbocycles. The second-order valence-corrected chi connectivity index (χ2v) is 9.43. The SMILES string of the molecule is COCCNc1nc2nc(NC34CC(C#N)(C3)C4)nc(Oc3c(C)cc(/C=C/C#N)cc3C)c2[nH]1. The van der Waals surface area contributed by atoms with Gasteiger partial charge in [-0.15, -0.1) is 0 Å². The van der Waals surface area contributed by atoms with Crippen LogP contribution in [0.3, 0.4) is 0 Å². The van der Waals surface area contributed by atoms with E-state index in [2.05, 4.69) is 31.7 Å². The minimum absolute atomic E-state index is 0.128. The number of aromatic nitrogens is 4. The fourth-order valence-corrected chi connectivity index (χ4v) is 5.10. The smallest absolute Gasteiger partial charge is 0.250 e. The highest BCUT2D eigenvalue weighted by molar-refractivity contribution is 5.80. The lowest BCUT2D eigenvalue weighted by Gasteiger charge is -2.66. The molecule has 6 rings (SSSR count). The summed E-state index contributed by atoms with van der Waals surface area (Å²) in [7, 11) is 1.64. The van der Waals surface area contributed by atoms with Crippen molar-refractivity contribution in [2.24, 2.45) is 5.41 Å². The number of ether oxygens (including phenoxy) is 2. The van der Waals surface area contributed by atoms with Crippen LogP contribution in [0.15, 0.2) is 18.2 Å². The Morgan fingerprint density at radius 3 is 2.54 bits per heavy atom. The zero-order chi connectivity index (χ0) is 24.6. The summed E-state index contributed by atoms with van der Waals surface area (Å²) in [4.78, 5) is 17.1. The van der Waals surface area contributed by atoms with Crippen LogP contribution in [-0.2, 0) is 4.74 Å². The molecule has 2 aromatic heterocycles. The number of nitrogens with one attached hydrogen (secondary N) is 3. The molecule has 3 N–H and O–H groups in total. The van der Waals surface area contributed by atoms with Crippen LogP contribution >= 0.6 is 0 Å². The van der Waals surface area contributed by atoms with Crippen LogP contribution < -0.4 is 15.4 Å². The molecule has 3 aromatic rings. The van der Waals surface area contributed by atoms with Crippen LogP contribution in [0, 0.1) is 41.9 Å². The standard InChI is InChI=1S/C25H26N8O2/c1-15-9-17(5-4-6-26)10-16(2)19(15)35-21-18-20(30-22(29-18)28-7-8-34-3)31-23(32-21)33-25-11-24(12-25,13-25)14-27/h4-5,9-10H,7-8,11-13H2,1-3H3,(H3,28,29,30,31,32,33)/b5-4+. The van der Waals surface area contributed by atoms with Gasteiger partial charge in [0.25, 0.3) is 5.88 Å². The fraction of sp³-hybridized carbons (Fsp3) is 0.400. The van der Waals surface area contributed by atoms with E-state index < -0.39 is 0 Å². The number of methoxy groups -OCH3 is 1. The highest BCUT2D eigenvalue weighted by Gasteiger charge is 2.69. The van der Waals surface area contributed by atoms with Gasteiger partial charge in [-0.05, 0) is 68.0 Å². The van der Waals surface area contributed by atoms with Gasteiger partial charge in [0.1, 0.15) is 5.75 Å². The van der Waals surface area contributed by atoms with Crippen molar-refractivity contribution in [2.75, 3.05) is 30.9 Å². The van der Waals surface area contributed by atoms with Gasteiger partial charge in [-0.1, -0.05) is 0 Å². The molecule has 1 aromatic carbocycles. The summed E-state index contributed by atoms with van der Waals surface area (Å²) in [6.45, 7) is 5.03. The number of fused-ring (bicyclic) bond motifs is 1. The van der Waals surface area contributed by atoms with Gasteiger partial charge in [0, 0.05) is 25.3 Å². The number of hydrogen-bond acceptors (Lipinski definition) is 9. The van der Waals surface area contributed by atoms with Gasteiger partial charge in [0.2, 0.25) is 11.9 Å². The summed E-state index contributed by atoms with van der Waals surface area (Å²) >= 11 is 0. The maximum absolute atomic E-state index is 9.34. The molecule has 0 radical (unpaired) electrons. The topological polar surface area (TPSA) is 145 Å². The second-order valence-electron chi connectivity index (χ2n) is 9.43. The first-order chi connectivity index (χ1) is 16.9. The van der Waals surface area contributed by atoms with Crippen molar-refractivity contribution in [2.45, 2.75) is 38.6 Å². The molecule has 2 heterocycles. The van der Waals surface area contributed by atoms with Crippen molar-refractivity contribution < 1.29 is 9.47 Å². The highest BCUT2D eigenvalue weighted by Crippen LogP contribution is 2.67. The van der Waals surface area contributed by atoms with E-state index in [-0.39, 0.29) is 11.0 Å². The Morgan fingerprint density at radius 1 is 1.14 bits per heavy atom. The molecule has 3 aliphatic carbocycles. The van der Waals surface area contributed by atoms with Crippen molar-refractivity contribution in [3.05, 3.63) is 34.9 Å². The van der Waals surface area contributed by atoms with E-state index in [0.717, 1.165) is 36.0 Å². The van der Waals surface area contributed by atoms with Crippen LogP contribution in [0.5, 0.6) is 11.6 Å². The van der Waals surface area contributed by atoms with Crippen molar-refractivity contribution in [3.8, 4) is 23.8 Å². The van der Waals surface area contributed by atoms with E-state index in [1.807, 2.05) is 32.0 Å². The Morgan fingerprint density at radius 2 is 1.89 bits per heavy atom. The van der Waals surface area contributed by atoms with Crippen molar-refractivity contribution in [3.63, 3.8) is 0 Å². The lowest BCUT2D eigenvalue weighted by molar-refractivity contribution is -0.0665. The largest absolute Gasteiger partial charge is 0.436 e. The van der Waals surface area contributed by atoms with Gasteiger partial charge in [-0.25, -0.2) is 0 Å². The van der Waals surface area contributed by atoms with Crippen molar-refractivity contribution in [1.29, 1.82) is 10.5 Å². The van der Waals surface area contributed by atoms with Gasteiger partial charge in [-0.3, -0.25) is 0 Å². The minimum atomic E-state index is -0.183. The maximum atomic E-state index is 9.34. The molecule has 0 spiro atoms. The quantitative estimate of drug-likeness (QED) is 0.309. The average molecular weight is 471 g/mol. The predicted octanol–water partition coefficient (Wildman–Crippen LogP) is 4.22. The van der Waals surface area contributed by atoms with Crippen LogP contribution in [0.2, 0.25) is 0 Å².